The van der Waals surface area contributed by atoms with E-state index in [1.54, 1.807) is 11.9 Å². The predicted molar refractivity (Wildman–Crippen MR) is 84.0 cm³/mol. The van der Waals surface area contributed by atoms with E-state index < -0.39 is 0 Å². The Kier molecular flexibility index (Phi) is 3.57. The first-order valence-corrected chi connectivity index (χ1v) is 7.15. The van der Waals surface area contributed by atoms with Gasteiger partial charge in [-0.1, -0.05) is 54.6 Å². The van der Waals surface area contributed by atoms with E-state index in [-0.39, 0.29) is 11.9 Å². The minimum Gasteiger partial charge on any atom is -0.273 e. The third-order valence-corrected chi connectivity index (χ3v) is 3.87. The summed E-state index contributed by atoms with van der Waals surface area (Å²) in [4.78, 5) is 11.9. The van der Waals surface area contributed by atoms with E-state index in [1.165, 1.54) is 5.56 Å². The van der Waals surface area contributed by atoms with Gasteiger partial charge in [-0.2, -0.15) is 5.10 Å². The first kappa shape index (κ1) is 13.6. The number of amides is 1. The van der Waals surface area contributed by atoms with E-state index in [4.69, 9.17) is 0 Å². The molecule has 0 radical (unpaired) electrons. The van der Waals surface area contributed by atoms with Crippen LogP contribution in [0.25, 0.3) is 0 Å². The molecule has 2 aromatic rings. The minimum atomic E-state index is -0.0209. The Morgan fingerprint density at radius 1 is 1.10 bits per heavy atom. The summed E-state index contributed by atoms with van der Waals surface area (Å²) in [6.45, 7) is 3.64. The van der Waals surface area contributed by atoms with Crippen LogP contribution in [0, 0.1) is 6.92 Å². The van der Waals surface area contributed by atoms with Crippen molar-refractivity contribution in [3.63, 3.8) is 0 Å². The number of carbonyl (C=O) groups is 1. The van der Waals surface area contributed by atoms with Gasteiger partial charge in [0.05, 0.1) is 11.8 Å². The smallest absolute Gasteiger partial charge is 0.240 e. The molecule has 1 heterocycles. The zero-order valence-electron chi connectivity index (χ0n) is 12.3. The van der Waals surface area contributed by atoms with Gasteiger partial charge in [0.2, 0.25) is 5.91 Å². The lowest BCUT2D eigenvalue weighted by Gasteiger charge is -2.20. The van der Waals surface area contributed by atoms with Gasteiger partial charge in [0.25, 0.3) is 0 Å². The Balaban J connectivity index is 1.98. The molecule has 0 fully saturated rings. The first-order valence-electron chi connectivity index (χ1n) is 7.15. The summed E-state index contributed by atoms with van der Waals surface area (Å²) in [6, 6.07) is 18.3. The maximum absolute atomic E-state index is 11.9. The molecule has 1 aliphatic heterocycles. The van der Waals surface area contributed by atoms with Crippen molar-refractivity contribution >= 4 is 11.6 Å². The van der Waals surface area contributed by atoms with Crippen LogP contribution in [-0.2, 0) is 4.79 Å². The molecule has 1 amide bonds. The van der Waals surface area contributed by atoms with Gasteiger partial charge in [-0.3, -0.25) is 4.79 Å². The SMILES string of the molecule is CC(=O)N1N=C(c2ccccc2C)CC1c1ccccc1. The van der Waals surface area contributed by atoms with Gasteiger partial charge in [-0.15, -0.1) is 0 Å². The highest BCUT2D eigenvalue weighted by atomic mass is 16.2. The summed E-state index contributed by atoms with van der Waals surface area (Å²) in [6.07, 6.45) is 0.758. The van der Waals surface area contributed by atoms with Gasteiger partial charge < -0.3 is 0 Å². The van der Waals surface area contributed by atoms with Crippen molar-refractivity contribution in [1.82, 2.24) is 5.01 Å². The van der Waals surface area contributed by atoms with Gasteiger partial charge in [0.1, 0.15) is 0 Å². The molecule has 3 nitrogen and oxygen atoms in total. The van der Waals surface area contributed by atoms with Gasteiger partial charge >= 0.3 is 0 Å². The highest BCUT2D eigenvalue weighted by molar-refractivity contribution is 6.04. The van der Waals surface area contributed by atoms with E-state index in [2.05, 4.69) is 36.3 Å². The monoisotopic (exact) mass is 278 g/mol. The third-order valence-electron chi connectivity index (χ3n) is 3.87. The number of aryl methyl sites for hydroxylation is 1. The molecule has 0 bridgehead atoms. The Hall–Kier alpha value is -2.42. The summed E-state index contributed by atoms with van der Waals surface area (Å²) in [7, 11) is 0. The number of hydrogen-bond donors (Lipinski definition) is 0. The molecule has 0 saturated carbocycles. The molecule has 0 spiro atoms. The zero-order chi connectivity index (χ0) is 14.8. The standard InChI is InChI=1S/C18H18N2O/c1-13-8-6-7-11-16(13)17-12-18(20(19-17)14(2)21)15-9-4-3-5-10-15/h3-11,18H,12H2,1-2H3. The largest absolute Gasteiger partial charge is 0.273 e. The molecule has 3 rings (SSSR count). The maximum atomic E-state index is 11.9. The Bertz CT molecular complexity index is 691. The van der Waals surface area contributed by atoms with Crippen LogP contribution in [-0.4, -0.2) is 16.6 Å². The van der Waals surface area contributed by atoms with Crippen molar-refractivity contribution in [3.05, 3.63) is 71.3 Å². The average molecular weight is 278 g/mol. The molecule has 0 aliphatic carbocycles. The van der Waals surface area contributed by atoms with Crippen molar-refractivity contribution in [1.29, 1.82) is 0 Å². The van der Waals surface area contributed by atoms with Crippen molar-refractivity contribution in [3.8, 4) is 0 Å². The molecule has 0 N–H and O–H groups in total. The fraction of sp³-hybridized carbons (Fsp3) is 0.222. The summed E-state index contributed by atoms with van der Waals surface area (Å²) < 4.78 is 0. The molecule has 1 unspecified atom stereocenters. The number of rotatable bonds is 2. The maximum Gasteiger partial charge on any atom is 0.240 e. The van der Waals surface area contributed by atoms with Gasteiger partial charge in [-0.05, 0) is 18.1 Å². The zero-order valence-corrected chi connectivity index (χ0v) is 12.3. The molecular formula is C18H18N2O. The fourth-order valence-electron chi connectivity index (χ4n) is 2.79. The van der Waals surface area contributed by atoms with Crippen LogP contribution in [0.3, 0.4) is 0 Å². The van der Waals surface area contributed by atoms with E-state index in [0.29, 0.717) is 0 Å². The lowest BCUT2D eigenvalue weighted by molar-refractivity contribution is -0.130. The van der Waals surface area contributed by atoms with E-state index in [1.807, 2.05) is 30.3 Å². The lowest BCUT2D eigenvalue weighted by Crippen LogP contribution is -2.24. The number of hydrazone groups is 1. The van der Waals surface area contributed by atoms with Crippen LogP contribution in [0.1, 0.15) is 36.1 Å². The van der Waals surface area contributed by atoms with E-state index in [0.717, 1.165) is 23.3 Å². The van der Waals surface area contributed by atoms with Crippen LogP contribution >= 0.6 is 0 Å². The van der Waals surface area contributed by atoms with Crippen LogP contribution in [0.4, 0.5) is 0 Å². The van der Waals surface area contributed by atoms with E-state index >= 15 is 0 Å². The predicted octanol–water partition coefficient (Wildman–Crippen LogP) is 3.69. The lowest BCUT2D eigenvalue weighted by atomic mass is 9.96. The van der Waals surface area contributed by atoms with Gasteiger partial charge in [-0.25, -0.2) is 5.01 Å². The number of hydrogen-bond acceptors (Lipinski definition) is 2. The molecule has 2 aromatic carbocycles. The fourth-order valence-corrected chi connectivity index (χ4v) is 2.79. The second-order valence-electron chi connectivity index (χ2n) is 5.36. The highest BCUT2D eigenvalue weighted by Gasteiger charge is 2.31. The molecule has 21 heavy (non-hydrogen) atoms. The van der Waals surface area contributed by atoms with Crippen LogP contribution in [0.2, 0.25) is 0 Å². The van der Waals surface area contributed by atoms with Crippen LogP contribution in [0.15, 0.2) is 59.7 Å². The van der Waals surface area contributed by atoms with Crippen molar-refractivity contribution in [2.24, 2.45) is 5.10 Å². The molecule has 3 heteroatoms. The average Bonchev–Trinajstić information content (AvgIpc) is 2.94. The van der Waals surface area contributed by atoms with Crippen molar-refractivity contribution in [2.75, 3.05) is 0 Å². The third kappa shape index (κ3) is 2.59. The van der Waals surface area contributed by atoms with Crippen LogP contribution < -0.4 is 0 Å². The van der Waals surface area contributed by atoms with E-state index in [9.17, 15) is 4.79 Å². The second-order valence-corrected chi connectivity index (χ2v) is 5.36. The van der Waals surface area contributed by atoms with Gasteiger partial charge in [0.15, 0.2) is 0 Å². The quantitative estimate of drug-likeness (QED) is 0.824. The Morgan fingerprint density at radius 3 is 2.43 bits per heavy atom. The Morgan fingerprint density at radius 2 is 1.76 bits per heavy atom. The molecule has 1 aliphatic rings. The second kappa shape index (κ2) is 5.52. The summed E-state index contributed by atoms with van der Waals surface area (Å²) in [5, 5.41) is 6.19. The normalized spacial score (nSPS) is 17.7. The molecule has 0 aromatic heterocycles. The van der Waals surface area contributed by atoms with Gasteiger partial charge in [0, 0.05) is 18.9 Å². The molecule has 0 saturated heterocycles. The van der Waals surface area contributed by atoms with Crippen LogP contribution in [0.5, 0.6) is 0 Å². The topological polar surface area (TPSA) is 32.7 Å². The van der Waals surface area contributed by atoms with Crippen molar-refractivity contribution < 1.29 is 4.79 Å². The highest BCUT2D eigenvalue weighted by Crippen LogP contribution is 2.33. The first-order chi connectivity index (χ1) is 10.2. The number of nitrogens with zero attached hydrogens (tertiary/aromatic N) is 2. The number of carbonyl (C=O) groups excluding carboxylic acids is 1. The molecular weight excluding hydrogens is 260 g/mol. The Labute approximate surface area is 124 Å². The molecule has 106 valence electrons. The summed E-state index contributed by atoms with van der Waals surface area (Å²) in [5.74, 6) is -0.0209. The number of benzene rings is 2. The van der Waals surface area contributed by atoms with Crippen molar-refractivity contribution in [2.45, 2.75) is 26.3 Å². The summed E-state index contributed by atoms with van der Waals surface area (Å²) in [5.41, 5.74) is 4.42. The minimum absolute atomic E-state index is 0.00157. The molecule has 1 atom stereocenters. The summed E-state index contributed by atoms with van der Waals surface area (Å²) >= 11 is 0.